The molecule has 4 nitrogen and oxygen atoms in total. The first kappa shape index (κ1) is 12.5. The monoisotopic (exact) mass is 213 g/mol. The second-order valence-electron chi connectivity index (χ2n) is 4.72. The molecule has 0 heterocycles. The molecule has 1 atom stereocenters. The summed E-state index contributed by atoms with van der Waals surface area (Å²) in [4.78, 5) is 11.5. The van der Waals surface area contributed by atoms with Crippen LogP contribution in [0.15, 0.2) is 0 Å². The van der Waals surface area contributed by atoms with Crippen molar-refractivity contribution in [2.24, 2.45) is 11.7 Å². The fraction of sp³-hybridized carbons (Fsp3) is 0.909. The van der Waals surface area contributed by atoms with E-state index in [1.165, 1.54) is 32.1 Å². The molecule has 0 bridgehead atoms. The highest BCUT2D eigenvalue weighted by molar-refractivity contribution is 5.80. The Morgan fingerprint density at radius 2 is 2.00 bits per heavy atom. The molecule has 15 heavy (non-hydrogen) atoms. The van der Waals surface area contributed by atoms with Crippen molar-refractivity contribution in [3.8, 4) is 0 Å². The van der Waals surface area contributed by atoms with Crippen molar-refractivity contribution in [2.45, 2.75) is 44.6 Å². The third-order valence-corrected chi connectivity index (χ3v) is 2.98. The van der Waals surface area contributed by atoms with E-state index in [0.717, 1.165) is 6.42 Å². The number of nitrogens with one attached hydrogen (secondary N) is 1. The minimum absolute atomic E-state index is 0.0643. The van der Waals surface area contributed by atoms with Crippen LogP contribution in [0, 0.1) is 5.92 Å². The van der Waals surface area contributed by atoms with Gasteiger partial charge in [0.1, 0.15) is 0 Å². The van der Waals surface area contributed by atoms with Gasteiger partial charge in [0.2, 0.25) is 0 Å². The van der Waals surface area contributed by atoms with Crippen molar-refractivity contribution in [2.75, 3.05) is 14.1 Å². The normalized spacial score (nSPS) is 20.3. The largest absolute Gasteiger partial charge is 0.320 e. The minimum atomic E-state index is -0.351. The van der Waals surface area contributed by atoms with Gasteiger partial charge in [0.05, 0.1) is 6.04 Å². The molecule has 1 aliphatic rings. The van der Waals surface area contributed by atoms with E-state index in [-0.39, 0.29) is 11.9 Å². The first-order chi connectivity index (χ1) is 7.09. The lowest BCUT2D eigenvalue weighted by Gasteiger charge is -2.24. The molecule has 1 fully saturated rings. The highest BCUT2D eigenvalue weighted by Gasteiger charge is 2.21. The molecule has 0 aromatic heterocycles. The Labute approximate surface area is 92.2 Å². The summed E-state index contributed by atoms with van der Waals surface area (Å²) in [6.45, 7) is 0. The van der Waals surface area contributed by atoms with Crippen molar-refractivity contribution >= 4 is 5.91 Å². The van der Waals surface area contributed by atoms with E-state index < -0.39 is 0 Å². The zero-order chi connectivity index (χ0) is 11.3. The maximum Gasteiger partial charge on any atom is 0.251 e. The lowest BCUT2D eigenvalue weighted by atomic mass is 9.85. The molecule has 0 aromatic carbocycles. The van der Waals surface area contributed by atoms with Crippen LogP contribution in [0.1, 0.15) is 38.5 Å². The molecule has 1 amide bonds. The molecule has 88 valence electrons. The first-order valence-corrected chi connectivity index (χ1v) is 5.83. The second kappa shape index (κ2) is 6.08. The molecular formula is C11H23N3O. The zero-order valence-electron chi connectivity index (χ0n) is 9.83. The molecule has 1 aliphatic carbocycles. The number of nitrogens with zero attached hydrogens (tertiary/aromatic N) is 1. The Hall–Kier alpha value is -0.610. The lowest BCUT2D eigenvalue weighted by Crippen LogP contribution is -2.47. The van der Waals surface area contributed by atoms with E-state index in [1.54, 1.807) is 19.1 Å². The SMILES string of the molecule is CN(C)NC(=O)C(N)CC1CCCCC1. The van der Waals surface area contributed by atoms with Gasteiger partial charge in [-0.1, -0.05) is 32.1 Å². The number of hydrogen-bond donors (Lipinski definition) is 2. The molecule has 1 saturated carbocycles. The molecular weight excluding hydrogens is 190 g/mol. The smallest absolute Gasteiger partial charge is 0.251 e. The van der Waals surface area contributed by atoms with E-state index in [2.05, 4.69) is 5.43 Å². The summed E-state index contributed by atoms with van der Waals surface area (Å²) in [5.74, 6) is 0.590. The van der Waals surface area contributed by atoms with Crippen molar-refractivity contribution < 1.29 is 4.79 Å². The summed E-state index contributed by atoms with van der Waals surface area (Å²) in [6, 6.07) is -0.351. The number of amides is 1. The Morgan fingerprint density at radius 3 is 2.53 bits per heavy atom. The van der Waals surface area contributed by atoms with Crippen LogP contribution in [0.3, 0.4) is 0 Å². The topological polar surface area (TPSA) is 58.4 Å². The number of rotatable bonds is 4. The standard InChI is InChI=1S/C11H23N3O/c1-14(2)13-11(15)10(12)8-9-6-4-3-5-7-9/h9-10H,3-8,12H2,1-2H3,(H,13,15). The average Bonchev–Trinajstić information content (AvgIpc) is 2.18. The van der Waals surface area contributed by atoms with E-state index in [4.69, 9.17) is 5.73 Å². The second-order valence-corrected chi connectivity index (χ2v) is 4.72. The highest BCUT2D eigenvalue weighted by Crippen LogP contribution is 2.26. The average molecular weight is 213 g/mol. The Morgan fingerprint density at radius 1 is 1.40 bits per heavy atom. The van der Waals surface area contributed by atoms with E-state index in [1.807, 2.05) is 0 Å². The van der Waals surface area contributed by atoms with Crippen LogP contribution >= 0.6 is 0 Å². The van der Waals surface area contributed by atoms with E-state index in [9.17, 15) is 4.79 Å². The van der Waals surface area contributed by atoms with Gasteiger partial charge in [-0.05, 0) is 12.3 Å². The van der Waals surface area contributed by atoms with Crippen molar-refractivity contribution in [1.29, 1.82) is 0 Å². The maximum absolute atomic E-state index is 11.5. The first-order valence-electron chi connectivity index (χ1n) is 5.83. The summed E-state index contributed by atoms with van der Waals surface area (Å²) in [6.07, 6.45) is 7.25. The van der Waals surface area contributed by atoms with Gasteiger partial charge in [-0.3, -0.25) is 10.2 Å². The maximum atomic E-state index is 11.5. The van der Waals surface area contributed by atoms with Gasteiger partial charge in [-0.2, -0.15) is 0 Å². The summed E-state index contributed by atoms with van der Waals surface area (Å²) >= 11 is 0. The number of carbonyl (C=O) groups excluding carboxylic acids is 1. The number of hydrogen-bond acceptors (Lipinski definition) is 3. The van der Waals surface area contributed by atoms with Crippen LogP contribution in [0.4, 0.5) is 0 Å². The Kier molecular flexibility index (Phi) is 5.05. The van der Waals surface area contributed by atoms with Gasteiger partial charge in [0, 0.05) is 14.1 Å². The predicted octanol–water partition coefficient (Wildman–Crippen LogP) is 0.877. The third-order valence-electron chi connectivity index (χ3n) is 2.98. The van der Waals surface area contributed by atoms with Crippen LogP contribution in [-0.4, -0.2) is 31.1 Å². The van der Waals surface area contributed by atoms with Gasteiger partial charge >= 0.3 is 0 Å². The van der Waals surface area contributed by atoms with E-state index >= 15 is 0 Å². The molecule has 3 N–H and O–H groups in total. The molecule has 0 radical (unpaired) electrons. The van der Waals surface area contributed by atoms with Crippen molar-refractivity contribution in [1.82, 2.24) is 10.4 Å². The summed E-state index contributed by atoms with van der Waals surface area (Å²) < 4.78 is 0. The molecule has 1 rings (SSSR count). The summed E-state index contributed by atoms with van der Waals surface area (Å²) in [5, 5.41) is 1.64. The summed E-state index contributed by atoms with van der Waals surface area (Å²) in [7, 11) is 3.59. The zero-order valence-corrected chi connectivity index (χ0v) is 9.83. The molecule has 0 aliphatic heterocycles. The summed E-state index contributed by atoms with van der Waals surface area (Å²) in [5.41, 5.74) is 8.56. The van der Waals surface area contributed by atoms with E-state index in [0.29, 0.717) is 5.92 Å². The number of hydrazine groups is 1. The van der Waals surface area contributed by atoms with Crippen LogP contribution in [0.25, 0.3) is 0 Å². The Bertz CT molecular complexity index is 200. The minimum Gasteiger partial charge on any atom is -0.320 e. The molecule has 0 saturated heterocycles. The number of nitrogens with two attached hydrogens (primary N) is 1. The number of carbonyl (C=O) groups is 1. The van der Waals surface area contributed by atoms with Gasteiger partial charge < -0.3 is 5.73 Å². The highest BCUT2D eigenvalue weighted by atomic mass is 16.2. The van der Waals surface area contributed by atoms with Crippen LogP contribution in [-0.2, 0) is 4.79 Å². The van der Waals surface area contributed by atoms with Crippen molar-refractivity contribution in [3.05, 3.63) is 0 Å². The van der Waals surface area contributed by atoms with Gasteiger partial charge in [0.15, 0.2) is 0 Å². The van der Waals surface area contributed by atoms with Gasteiger partial charge in [-0.15, -0.1) is 0 Å². The third kappa shape index (κ3) is 4.62. The molecule has 0 aromatic rings. The molecule has 4 heteroatoms. The van der Waals surface area contributed by atoms with Gasteiger partial charge in [0.25, 0.3) is 5.91 Å². The fourth-order valence-corrected chi connectivity index (χ4v) is 2.19. The van der Waals surface area contributed by atoms with Gasteiger partial charge in [-0.25, -0.2) is 5.01 Å². The Balaban J connectivity index is 2.26. The van der Waals surface area contributed by atoms with Crippen molar-refractivity contribution in [3.63, 3.8) is 0 Å². The van der Waals surface area contributed by atoms with Crippen LogP contribution in [0.2, 0.25) is 0 Å². The predicted molar refractivity (Wildman–Crippen MR) is 61.0 cm³/mol. The van der Waals surface area contributed by atoms with Crippen LogP contribution in [0.5, 0.6) is 0 Å². The fourth-order valence-electron chi connectivity index (χ4n) is 2.19. The lowest BCUT2D eigenvalue weighted by molar-refractivity contribution is -0.126. The molecule has 0 spiro atoms. The van der Waals surface area contributed by atoms with Crippen LogP contribution < -0.4 is 11.2 Å². The molecule has 1 unspecified atom stereocenters. The quantitative estimate of drug-likeness (QED) is 0.681.